The molecule has 1 saturated heterocycles. The Balaban J connectivity index is 1.30. The first-order valence-electron chi connectivity index (χ1n) is 9.56. The number of pyridine rings is 1. The predicted molar refractivity (Wildman–Crippen MR) is 110 cm³/mol. The van der Waals surface area contributed by atoms with Gasteiger partial charge in [-0.15, -0.1) is 0 Å². The van der Waals surface area contributed by atoms with E-state index >= 15 is 0 Å². The van der Waals surface area contributed by atoms with Gasteiger partial charge in [0, 0.05) is 16.6 Å². The van der Waals surface area contributed by atoms with Gasteiger partial charge in [-0.3, -0.25) is 9.88 Å². The largest absolute Gasteiger partial charge is 0.341 e. The number of nitrogens with zero attached hydrogens (tertiary/aromatic N) is 3. The number of aromatic nitrogens is 3. The number of likely N-dealkylation sites (tertiary alicyclic amines) is 1. The molecule has 1 aliphatic heterocycles. The van der Waals surface area contributed by atoms with E-state index in [0.717, 1.165) is 60.2 Å². The summed E-state index contributed by atoms with van der Waals surface area (Å²) in [6.07, 6.45) is 3.92. The number of benzene rings is 2. The third kappa shape index (κ3) is 3.36. The molecule has 0 unspecified atom stereocenters. The van der Waals surface area contributed by atoms with Crippen molar-refractivity contribution in [3.8, 4) is 0 Å². The van der Waals surface area contributed by atoms with Crippen molar-refractivity contribution >= 4 is 33.5 Å². The number of nitrogens with one attached hydrogen (secondary N) is 1. The molecule has 2 aromatic heterocycles. The summed E-state index contributed by atoms with van der Waals surface area (Å²) in [5, 5.41) is 1.65. The second kappa shape index (κ2) is 7.15. The predicted octanol–water partition coefficient (Wildman–Crippen LogP) is 5.28. The van der Waals surface area contributed by atoms with E-state index < -0.39 is 0 Å². The van der Waals surface area contributed by atoms with E-state index in [1.807, 2.05) is 30.5 Å². The average Bonchev–Trinajstić information content (AvgIpc) is 3.09. The third-order valence-electron chi connectivity index (χ3n) is 5.63. The van der Waals surface area contributed by atoms with Crippen LogP contribution >= 0.6 is 11.6 Å². The van der Waals surface area contributed by atoms with Gasteiger partial charge in [0.1, 0.15) is 11.6 Å². The van der Waals surface area contributed by atoms with Crippen LogP contribution in [0.5, 0.6) is 0 Å². The van der Waals surface area contributed by atoms with Crippen LogP contribution in [-0.2, 0) is 6.54 Å². The highest BCUT2D eigenvalue weighted by Crippen LogP contribution is 2.33. The van der Waals surface area contributed by atoms with Gasteiger partial charge in [0.15, 0.2) is 0 Å². The van der Waals surface area contributed by atoms with E-state index in [-0.39, 0.29) is 5.82 Å². The molecule has 28 heavy (non-hydrogen) atoms. The lowest BCUT2D eigenvalue weighted by Gasteiger charge is -2.32. The SMILES string of the molecule is Fc1ccc2nccc(C3CCN(Cc4nc5ccc(Cl)cc5[nH]4)CC3)c2c1. The van der Waals surface area contributed by atoms with Crippen LogP contribution in [0.2, 0.25) is 5.02 Å². The minimum atomic E-state index is -0.204. The highest BCUT2D eigenvalue weighted by Gasteiger charge is 2.23. The van der Waals surface area contributed by atoms with Crippen molar-refractivity contribution in [1.29, 1.82) is 0 Å². The lowest BCUT2D eigenvalue weighted by Crippen LogP contribution is -2.32. The minimum Gasteiger partial charge on any atom is -0.341 e. The van der Waals surface area contributed by atoms with Crippen molar-refractivity contribution in [3.05, 3.63) is 70.9 Å². The van der Waals surface area contributed by atoms with Crippen molar-refractivity contribution in [1.82, 2.24) is 19.9 Å². The summed E-state index contributed by atoms with van der Waals surface area (Å²) in [6, 6.07) is 12.6. The van der Waals surface area contributed by atoms with E-state index in [0.29, 0.717) is 10.9 Å². The molecule has 0 spiro atoms. The maximum absolute atomic E-state index is 13.7. The topological polar surface area (TPSA) is 44.8 Å². The molecule has 1 N–H and O–H groups in total. The van der Waals surface area contributed by atoms with Crippen LogP contribution in [0.3, 0.4) is 0 Å². The molecule has 3 heterocycles. The van der Waals surface area contributed by atoms with Crippen LogP contribution in [0.15, 0.2) is 48.7 Å². The number of fused-ring (bicyclic) bond motifs is 2. The molecular weight excluding hydrogens is 375 g/mol. The lowest BCUT2D eigenvalue weighted by molar-refractivity contribution is 0.201. The number of aromatic amines is 1. The van der Waals surface area contributed by atoms with E-state index in [1.165, 1.54) is 11.6 Å². The van der Waals surface area contributed by atoms with Crippen LogP contribution in [0.1, 0.15) is 30.1 Å². The highest BCUT2D eigenvalue weighted by atomic mass is 35.5. The second-order valence-electron chi connectivity index (χ2n) is 7.46. The summed E-state index contributed by atoms with van der Waals surface area (Å²) in [5.41, 5.74) is 3.99. The summed E-state index contributed by atoms with van der Waals surface area (Å²) in [5.74, 6) is 1.19. The fraction of sp³-hybridized carbons (Fsp3) is 0.273. The quantitative estimate of drug-likeness (QED) is 0.514. The molecule has 6 heteroatoms. The molecule has 4 nitrogen and oxygen atoms in total. The Morgan fingerprint density at radius 2 is 1.89 bits per heavy atom. The molecule has 0 bridgehead atoms. The number of halogens is 2. The molecule has 142 valence electrons. The minimum absolute atomic E-state index is 0.204. The molecule has 5 rings (SSSR count). The zero-order valence-electron chi connectivity index (χ0n) is 15.3. The van der Waals surface area contributed by atoms with E-state index in [2.05, 4.69) is 19.9 Å². The smallest absolute Gasteiger partial charge is 0.123 e. The van der Waals surface area contributed by atoms with Gasteiger partial charge in [-0.2, -0.15) is 0 Å². The number of imidazole rings is 1. The van der Waals surface area contributed by atoms with Gasteiger partial charge >= 0.3 is 0 Å². The lowest BCUT2D eigenvalue weighted by atomic mass is 9.87. The van der Waals surface area contributed by atoms with Crippen molar-refractivity contribution in [2.75, 3.05) is 13.1 Å². The Bertz CT molecular complexity index is 1150. The Labute approximate surface area is 167 Å². The molecule has 2 aromatic carbocycles. The molecule has 0 amide bonds. The Morgan fingerprint density at radius 1 is 1.07 bits per heavy atom. The Morgan fingerprint density at radius 3 is 2.75 bits per heavy atom. The maximum Gasteiger partial charge on any atom is 0.123 e. The van der Waals surface area contributed by atoms with Gasteiger partial charge < -0.3 is 4.98 Å². The summed E-state index contributed by atoms with van der Waals surface area (Å²) in [7, 11) is 0. The van der Waals surface area contributed by atoms with Crippen LogP contribution in [0.25, 0.3) is 21.9 Å². The molecule has 0 aliphatic carbocycles. The maximum atomic E-state index is 13.7. The van der Waals surface area contributed by atoms with Crippen molar-refractivity contribution < 1.29 is 4.39 Å². The summed E-state index contributed by atoms with van der Waals surface area (Å²) < 4.78 is 13.7. The number of rotatable bonds is 3. The summed E-state index contributed by atoms with van der Waals surface area (Å²) >= 11 is 6.06. The average molecular weight is 395 g/mol. The number of piperidine rings is 1. The summed E-state index contributed by atoms with van der Waals surface area (Å²) in [4.78, 5) is 14.8. The molecule has 0 radical (unpaired) electrons. The fourth-order valence-electron chi connectivity index (χ4n) is 4.22. The molecule has 1 fully saturated rings. The monoisotopic (exact) mass is 394 g/mol. The number of hydrogen-bond acceptors (Lipinski definition) is 3. The first-order chi connectivity index (χ1) is 13.7. The van der Waals surface area contributed by atoms with Crippen LogP contribution in [-0.4, -0.2) is 32.9 Å². The van der Waals surface area contributed by atoms with Crippen molar-refractivity contribution in [2.24, 2.45) is 0 Å². The zero-order chi connectivity index (χ0) is 19.1. The van der Waals surface area contributed by atoms with E-state index in [4.69, 9.17) is 11.6 Å². The first-order valence-corrected chi connectivity index (χ1v) is 9.94. The first kappa shape index (κ1) is 17.6. The van der Waals surface area contributed by atoms with E-state index in [1.54, 1.807) is 12.1 Å². The summed E-state index contributed by atoms with van der Waals surface area (Å²) in [6.45, 7) is 2.77. The number of hydrogen-bond donors (Lipinski definition) is 1. The van der Waals surface area contributed by atoms with Crippen molar-refractivity contribution in [3.63, 3.8) is 0 Å². The van der Waals surface area contributed by atoms with Gasteiger partial charge in [0.25, 0.3) is 0 Å². The van der Waals surface area contributed by atoms with Gasteiger partial charge in [0.05, 0.1) is 23.1 Å². The zero-order valence-corrected chi connectivity index (χ0v) is 16.1. The second-order valence-corrected chi connectivity index (χ2v) is 7.89. The molecular formula is C22H20ClFN4. The van der Waals surface area contributed by atoms with Crippen LogP contribution < -0.4 is 0 Å². The molecule has 4 aromatic rings. The normalized spacial score (nSPS) is 16.2. The van der Waals surface area contributed by atoms with Crippen molar-refractivity contribution in [2.45, 2.75) is 25.3 Å². The standard InChI is InChI=1S/C22H20ClFN4/c23-15-1-3-20-21(11-15)27-22(26-20)13-28-9-6-14(7-10-28)17-5-8-25-19-4-2-16(24)12-18(17)19/h1-5,8,11-12,14H,6-7,9-10,13H2,(H,26,27). The molecule has 0 saturated carbocycles. The van der Waals surface area contributed by atoms with Gasteiger partial charge in [-0.1, -0.05) is 11.6 Å². The van der Waals surface area contributed by atoms with Crippen LogP contribution in [0, 0.1) is 5.82 Å². The third-order valence-corrected chi connectivity index (χ3v) is 5.87. The van der Waals surface area contributed by atoms with Crippen LogP contribution in [0.4, 0.5) is 4.39 Å². The highest BCUT2D eigenvalue weighted by molar-refractivity contribution is 6.31. The van der Waals surface area contributed by atoms with Gasteiger partial charge in [0.2, 0.25) is 0 Å². The fourth-order valence-corrected chi connectivity index (χ4v) is 4.39. The van der Waals surface area contributed by atoms with E-state index in [9.17, 15) is 4.39 Å². The Hall–Kier alpha value is -2.50. The Kier molecular flexibility index (Phi) is 4.49. The van der Waals surface area contributed by atoms with Gasteiger partial charge in [-0.05, 0) is 79.9 Å². The molecule has 1 aliphatic rings. The van der Waals surface area contributed by atoms with Gasteiger partial charge in [-0.25, -0.2) is 9.37 Å². The molecule has 0 atom stereocenters. The number of H-pyrrole nitrogens is 1.